The Morgan fingerprint density at radius 1 is 1.30 bits per heavy atom. The first kappa shape index (κ1) is 14.9. The third-order valence-corrected chi connectivity index (χ3v) is 4.61. The SMILES string of the molecule is COc1ccc(C[NH+]2CCC(C(N)=O)CC2)c(C)c1C. The molecule has 1 amide bonds. The minimum atomic E-state index is -0.138. The molecular formula is C16H25N2O2+. The van der Waals surface area contributed by atoms with Crippen LogP contribution in [0.3, 0.4) is 0 Å². The first-order chi connectivity index (χ1) is 9.52. The molecule has 4 heteroatoms. The van der Waals surface area contributed by atoms with Gasteiger partial charge in [-0.2, -0.15) is 0 Å². The number of benzene rings is 1. The van der Waals surface area contributed by atoms with Crippen LogP contribution in [0.1, 0.15) is 29.5 Å². The Bertz CT molecular complexity index is 491. The minimum Gasteiger partial charge on any atom is -0.496 e. The second kappa shape index (κ2) is 6.27. The molecule has 0 aliphatic carbocycles. The Labute approximate surface area is 120 Å². The van der Waals surface area contributed by atoms with Crippen LogP contribution in [-0.2, 0) is 11.3 Å². The average Bonchev–Trinajstić information content (AvgIpc) is 2.45. The van der Waals surface area contributed by atoms with E-state index < -0.39 is 0 Å². The normalized spacial score (nSPS) is 22.6. The van der Waals surface area contributed by atoms with Crippen molar-refractivity contribution < 1.29 is 14.4 Å². The molecule has 1 saturated heterocycles. The number of nitrogens with one attached hydrogen (secondary N) is 1. The summed E-state index contributed by atoms with van der Waals surface area (Å²) in [7, 11) is 1.71. The highest BCUT2D eigenvalue weighted by Gasteiger charge is 2.26. The molecule has 110 valence electrons. The predicted molar refractivity (Wildman–Crippen MR) is 78.8 cm³/mol. The van der Waals surface area contributed by atoms with Crippen LogP contribution in [0, 0.1) is 19.8 Å². The molecule has 0 saturated carbocycles. The lowest BCUT2D eigenvalue weighted by Crippen LogP contribution is -3.11. The maximum Gasteiger partial charge on any atom is 0.220 e. The van der Waals surface area contributed by atoms with Crippen LogP contribution in [0.15, 0.2) is 12.1 Å². The quantitative estimate of drug-likeness (QED) is 0.846. The van der Waals surface area contributed by atoms with Crippen LogP contribution in [0.25, 0.3) is 0 Å². The van der Waals surface area contributed by atoms with Crippen molar-refractivity contribution in [2.75, 3.05) is 20.2 Å². The molecule has 0 atom stereocenters. The molecule has 0 aromatic heterocycles. The van der Waals surface area contributed by atoms with Crippen molar-refractivity contribution in [1.82, 2.24) is 0 Å². The van der Waals surface area contributed by atoms with Crippen molar-refractivity contribution in [2.24, 2.45) is 11.7 Å². The Morgan fingerprint density at radius 2 is 1.95 bits per heavy atom. The number of methoxy groups -OCH3 is 1. The Hall–Kier alpha value is -1.55. The summed E-state index contributed by atoms with van der Waals surface area (Å²) in [5, 5.41) is 0. The Balaban J connectivity index is 2.01. The van der Waals surface area contributed by atoms with Gasteiger partial charge in [0.05, 0.1) is 20.2 Å². The van der Waals surface area contributed by atoms with Crippen LogP contribution >= 0.6 is 0 Å². The van der Waals surface area contributed by atoms with Crippen molar-refractivity contribution in [2.45, 2.75) is 33.2 Å². The van der Waals surface area contributed by atoms with E-state index in [0.29, 0.717) is 0 Å². The number of primary amides is 1. The van der Waals surface area contributed by atoms with E-state index in [4.69, 9.17) is 10.5 Å². The smallest absolute Gasteiger partial charge is 0.220 e. The molecule has 2 rings (SSSR count). The minimum absolute atomic E-state index is 0.0810. The lowest BCUT2D eigenvalue weighted by molar-refractivity contribution is -0.919. The van der Waals surface area contributed by atoms with E-state index in [1.54, 1.807) is 7.11 Å². The molecule has 3 N–H and O–H groups in total. The second-order valence-electron chi connectivity index (χ2n) is 5.78. The number of quaternary nitrogens is 1. The zero-order valence-corrected chi connectivity index (χ0v) is 12.7. The Kier molecular flexibility index (Phi) is 4.65. The van der Waals surface area contributed by atoms with Gasteiger partial charge in [0.25, 0.3) is 0 Å². The first-order valence-corrected chi connectivity index (χ1v) is 7.29. The van der Waals surface area contributed by atoms with E-state index in [2.05, 4.69) is 19.9 Å². The van der Waals surface area contributed by atoms with Crippen LogP contribution in [0.5, 0.6) is 5.75 Å². The van der Waals surface area contributed by atoms with E-state index in [0.717, 1.165) is 38.2 Å². The number of amides is 1. The molecule has 4 nitrogen and oxygen atoms in total. The van der Waals surface area contributed by atoms with Crippen molar-refractivity contribution in [1.29, 1.82) is 0 Å². The molecule has 0 unspecified atom stereocenters. The van der Waals surface area contributed by atoms with E-state index in [1.165, 1.54) is 21.6 Å². The number of carbonyl (C=O) groups excluding carboxylic acids is 1. The molecule has 0 bridgehead atoms. The number of hydrogen-bond acceptors (Lipinski definition) is 2. The van der Waals surface area contributed by atoms with Crippen LogP contribution < -0.4 is 15.4 Å². The highest BCUT2D eigenvalue weighted by molar-refractivity contribution is 5.76. The summed E-state index contributed by atoms with van der Waals surface area (Å²) in [6.07, 6.45) is 1.83. The van der Waals surface area contributed by atoms with Gasteiger partial charge in [-0.3, -0.25) is 4.79 Å². The van der Waals surface area contributed by atoms with Gasteiger partial charge in [-0.15, -0.1) is 0 Å². The van der Waals surface area contributed by atoms with Gasteiger partial charge in [-0.1, -0.05) is 0 Å². The van der Waals surface area contributed by atoms with Gasteiger partial charge in [0.1, 0.15) is 12.3 Å². The number of nitrogens with two attached hydrogens (primary N) is 1. The van der Waals surface area contributed by atoms with Gasteiger partial charge < -0.3 is 15.4 Å². The topological polar surface area (TPSA) is 56.8 Å². The summed E-state index contributed by atoms with van der Waals surface area (Å²) in [4.78, 5) is 12.7. The van der Waals surface area contributed by atoms with E-state index in [9.17, 15) is 4.79 Å². The van der Waals surface area contributed by atoms with E-state index >= 15 is 0 Å². The van der Waals surface area contributed by atoms with E-state index in [1.807, 2.05) is 6.07 Å². The summed E-state index contributed by atoms with van der Waals surface area (Å²) in [6, 6.07) is 4.21. The van der Waals surface area contributed by atoms with Gasteiger partial charge in [-0.05, 0) is 37.1 Å². The monoisotopic (exact) mass is 277 g/mol. The fourth-order valence-electron chi connectivity index (χ4n) is 3.02. The fraction of sp³-hybridized carbons (Fsp3) is 0.562. The maximum absolute atomic E-state index is 11.2. The molecule has 1 aliphatic heterocycles. The first-order valence-electron chi connectivity index (χ1n) is 7.29. The predicted octanol–water partition coefficient (Wildman–Crippen LogP) is 0.592. The number of likely N-dealkylation sites (tertiary alicyclic amines) is 1. The lowest BCUT2D eigenvalue weighted by Gasteiger charge is -2.28. The lowest BCUT2D eigenvalue weighted by atomic mass is 9.95. The van der Waals surface area contributed by atoms with Crippen molar-refractivity contribution in [3.05, 3.63) is 28.8 Å². The van der Waals surface area contributed by atoms with Crippen LogP contribution in [0.4, 0.5) is 0 Å². The standard InChI is InChI=1S/C16H24N2O2/c1-11-12(2)15(20-3)5-4-14(11)10-18-8-6-13(7-9-18)16(17)19/h4-5,13H,6-10H2,1-3H3,(H2,17,19)/p+1. The fourth-order valence-corrected chi connectivity index (χ4v) is 3.02. The zero-order valence-electron chi connectivity index (χ0n) is 12.7. The number of rotatable bonds is 4. The van der Waals surface area contributed by atoms with Crippen molar-refractivity contribution in [3.8, 4) is 5.75 Å². The molecule has 1 aromatic carbocycles. The maximum atomic E-state index is 11.2. The van der Waals surface area contributed by atoms with Crippen molar-refractivity contribution in [3.63, 3.8) is 0 Å². The summed E-state index contributed by atoms with van der Waals surface area (Å²) >= 11 is 0. The van der Waals surface area contributed by atoms with Gasteiger partial charge in [-0.25, -0.2) is 0 Å². The summed E-state index contributed by atoms with van der Waals surface area (Å²) in [6.45, 7) is 7.33. The van der Waals surface area contributed by atoms with Gasteiger partial charge in [0.2, 0.25) is 5.91 Å². The number of ether oxygens (including phenoxy) is 1. The third-order valence-electron chi connectivity index (χ3n) is 4.61. The second-order valence-corrected chi connectivity index (χ2v) is 5.78. The summed E-state index contributed by atoms with van der Waals surface area (Å²) in [5.41, 5.74) is 9.28. The molecule has 0 spiro atoms. The number of piperidine rings is 1. The molecule has 1 heterocycles. The number of carbonyl (C=O) groups is 1. The number of hydrogen-bond donors (Lipinski definition) is 2. The molecule has 1 fully saturated rings. The largest absolute Gasteiger partial charge is 0.496 e. The van der Waals surface area contributed by atoms with Gasteiger partial charge in [0.15, 0.2) is 0 Å². The molecule has 20 heavy (non-hydrogen) atoms. The molecule has 1 aromatic rings. The summed E-state index contributed by atoms with van der Waals surface area (Å²) in [5.74, 6) is 0.895. The summed E-state index contributed by atoms with van der Waals surface area (Å²) < 4.78 is 5.35. The highest BCUT2D eigenvalue weighted by atomic mass is 16.5. The third kappa shape index (κ3) is 3.12. The molecule has 0 radical (unpaired) electrons. The van der Waals surface area contributed by atoms with E-state index in [-0.39, 0.29) is 11.8 Å². The Morgan fingerprint density at radius 3 is 2.50 bits per heavy atom. The van der Waals surface area contributed by atoms with Crippen LogP contribution in [0.2, 0.25) is 0 Å². The van der Waals surface area contributed by atoms with Crippen molar-refractivity contribution >= 4 is 5.91 Å². The van der Waals surface area contributed by atoms with Gasteiger partial charge >= 0.3 is 0 Å². The van der Waals surface area contributed by atoms with Crippen LogP contribution in [-0.4, -0.2) is 26.1 Å². The molecular weight excluding hydrogens is 252 g/mol. The zero-order chi connectivity index (χ0) is 14.7. The highest BCUT2D eigenvalue weighted by Crippen LogP contribution is 2.23. The van der Waals surface area contributed by atoms with Gasteiger partial charge in [0, 0.05) is 24.3 Å². The molecule has 1 aliphatic rings. The average molecular weight is 277 g/mol.